The Morgan fingerprint density at radius 3 is 1.89 bits per heavy atom. The molecule has 0 atom stereocenters. The van der Waals surface area contributed by atoms with E-state index in [1.807, 2.05) is 36.4 Å². The van der Waals surface area contributed by atoms with E-state index < -0.39 is 0 Å². The summed E-state index contributed by atoms with van der Waals surface area (Å²) in [5.74, 6) is 0.715. The molecule has 2 heterocycles. The van der Waals surface area contributed by atoms with Crippen molar-refractivity contribution in [1.29, 1.82) is 0 Å². The number of hydrogen-bond acceptors (Lipinski definition) is 2. The minimum Gasteiger partial charge on any atom is -0.308 e. The van der Waals surface area contributed by atoms with Crippen molar-refractivity contribution in [3.63, 3.8) is 0 Å². The number of fused-ring (bicyclic) bond motifs is 3. The molecule has 0 radical (unpaired) electrons. The van der Waals surface area contributed by atoms with Crippen LogP contribution in [0.5, 0.6) is 0 Å². The lowest BCUT2D eigenvalue weighted by Crippen LogP contribution is -1.98. The summed E-state index contributed by atoms with van der Waals surface area (Å²) >= 11 is 3.82. The number of aromatic nitrogens is 3. The molecule has 7 rings (SSSR count). The van der Waals surface area contributed by atoms with Gasteiger partial charge in [-0.2, -0.15) is 0 Å². The van der Waals surface area contributed by atoms with Crippen LogP contribution in [0.3, 0.4) is 0 Å². The minimum absolute atomic E-state index is 0.715. The Labute approximate surface area is 229 Å². The maximum Gasteiger partial charge on any atom is 0.160 e. The first-order valence-electron chi connectivity index (χ1n) is 12.5. The van der Waals surface area contributed by atoms with Crippen molar-refractivity contribution in [2.24, 2.45) is 0 Å². The van der Waals surface area contributed by atoms with Crippen LogP contribution < -0.4 is 0 Å². The molecule has 0 bridgehead atoms. The van der Waals surface area contributed by atoms with Gasteiger partial charge in [-0.3, -0.25) is 0 Å². The van der Waals surface area contributed by atoms with Crippen LogP contribution >= 0.6 is 15.9 Å². The van der Waals surface area contributed by atoms with Gasteiger partial charge in [0.15, 0.2) is 5.82 Å². The monoisotopic (exact) mass is 551 g/mol. The zero-order valence-corrected chi connectivity index (χ0v) is 22.0. The standard InChI is InChI=1S/C34H22BrN3/c35-29-19-10-18-28-27-17-7-8-20-32(27)38(33(28)29)26-16-9-15-25(21-26)31-22-30(23-11-3-1-4-12-23)36-34(37-31)24-13-5-2-6-14-24/h1-22H. The summed E-state index contributed by atoms with van der Waals surface area (Å²) in [5.41, 5.74) is 8.30. The summed E-state index contributed by atoms with van der Waals surface area (Å²) in [7, 11) is 0. The summed E-state index contributed by atoms with van der Waals surface area (Å²) in [6, 6.07) is 46.1. The van der Waals surface area contributed by atoms with E-state index in [9.17, 15) is 0 Å². The molecule has 0 aliphatic heterocycles. The number of hydrogen-bond donors (Lipinski definition) is 0. The van der Waals surface area contributed by atoms with E-state index in [-0.39, 0.29) is 0 Å². The van der Waals surface area contributed by atoms with Crippen LogP contribution in [0.1, 0.15) is 0 Å². The Balaban J connectivity index is 1.45. The van der Waals surface area contributed by atoms with Crippen molar-refractivity contribution < 1.29 is 0 Å². The Morgan fingerprint density at radius 2 is 1.11 bits per heavy atom. The number of benzene rings is 5. The van der Waals surface area contributed by atoms with Crippen molar-refractivity contribution in [2.45, 2.75) is 0 Å². The summed E-state index contributed by atoms with van der Waals surface area (Å²) in [5, 5.41) is 2.45. The molecule has 0 aliphatic rings. The molecule has 0 spiro atoms. The first-order valence-corrected chi connectivity index (χ1v) is 13.3. The quantitative estimate of drug-likeness (QED) is 0.218. The molecule has 0 aliphatic carbocycles. The highest BCUT2D eigenvalue weighted by atomic mass is 79.9. The fourth-order valence-corrected chi connectivity index (χ4v) is 5.66. The van der Waals surface area contributed by atoms with Gasteiger partial charge >= 0.3 is 0 Å². The molecule has 0 unspecified atom stereocenters. The van der Waals surface area contributed by atoms with Crippen molar-refractivity contribution in [3.8, 4) is 39.6 Å². The van der Waals surface area contributed by atoms with E-state index in [2.05, 4.69) is 118 Å². The van der Waals surface area contributed by atoms with Gasteiger partial charge in [-0.25, -0.2) is 9.97 Å². The van der Waals surface area contributed by atoms with Crippen LogP contribution in [0, 0.1) is 0 Å². The molecule has 0 amide bonds. The van der Waals surface area contributed by atoms with E-state index >= 15 is 0 Å². The molecule has 2 aromatic heterocycles. The molecule has 3 nitrogen and oxygen atoms in total. The second kappa shape index (κ2) is 9.40. The molecular weight excluding hydrogens is 530 g/mol. The molecule has 4 heteroatoms. The van der Waals surface area contributed by atoms with E-state index in [1.54, 1.807) is 0 Å². The number of nitrogens with zero attached hydrogens (tertiary/aromatic N) is 3. The summed E-state index contributed by atoms with van der Waals surface area (Å²) in [6.45, 7) is 0. The largest absolute Gasteiger partial charge is 0.308 e. The zero-order valence-electron chi connectivity index (χ0n) is 20.4. The third-order valence-electron chi connectivity index (χ3n) is 6.87. The van der Waals surface area contributed by atoms with Crippen LogP contribution in [-0.2, 0) is 0 Å². The highest BCUT2D eigenvalue weighted by molar-refractivity contribution is 9.10. The van der Waals surface area contributed by atoms with Crippen LogP contribution in [0.4, 0.5) is 0 Å². The normalized spacial score (nSPS) is 11.3. The van der Waals surface area contributed by atoms with Gasteiger partial charge in [0.25, 0.3) is 0 Å². The van der Waals surface area contributed by atoms with E-state index in [0.29, 0.717) is 5.82 Å². The van der Waals surface area contributed by atoms with Gasteiger partial charge in [-0.1, -0.05) is 103 Å². The lowest BCUT2D eigenvalue weighted by molar-refractivity contribution is 1.16. The fourth-order valence-electron chi connectivity index (χ4n) is 5.12. The topological polar surface area (TPSA) is 30.7 Å². The van der Waals surface area contributed by atoms with Crippen molar-refractivity contribution >= 4 is 37.7 Å². The Hall–Kier alpha value is -4.54. The average Bonchev–Trinajstić information content (AvgIpc) is 3.34. The van der Waals surface area contributed by atoms with Crippen molar-refractivity contribution in [2.75, 3.05) is 0 Å². The molecule has 180 valence electrons. The SMILES string of the molecule is Brc1cccc2c3ccccc3n(-c3cccc(-c4cc(-c5ccccc5)nc(-c5ccccc5)n4)c3)c12. The lowest BCUT2D eigenvalue weighted by atomic mass is 10.1. The van der Waals surface area contributed by atoms with Gasteiger partial charge in [0.1, 0.15) is 0 Å². The minimum atomic E-state index is 0.715. The molecule has 0 fully saturated rings. The molecule has 7 aromatic rings. The van der Waals surface area contributed by atoms with Crippen molar-refractivity contribution in [1.82, 2.24) is 14.5 Å². The predicted octanol–water partition coefficient (Wildman–Crippen LogP) is 9.34. The molecule has 0 saturated carbocycles. The summed E-state index contributed by atoms with van der Waals surface area (Å²) < 4.78 is 3.40. The average molecular weight is 552 g/mol. The first kappa shape index (κ1) is 22.6. The molecule has 0 N–H and O–H groups in total. The summed E-state index contributed by atoms with van der Waals surface area (Å²) in [4.78, 5) is 9.98. The Bertz CT molecular complexity index is 1870. The van der Waals surface area contributed by atoms with E-state index in [1.165, 1.54) is 16.3 Å². The highest BCUT2D eigenvalue weighted by Gasteiger charge is 2.16. The first-order chi connectivity index (χ1) is 18.8. The maximum absolute atomic E-state index is 5.03. The van der Waals surface area contributed by atoms with Crippen LogP contribution in [0.2, 0.25) is 0 Å². The van der Waals surface area contributed by atoms with E-state index in [0.717, 1.165) is 43.8 Å². The summed E-state index contributed by atoms with van der Waals surface area (Å²) in [6.07, 6.45) is 0. The predicted molar refractivity (Wildman–Crippen MR) is 160 cm³/mol. The number of para-hydroxylation sites is 2. The van der Waals surface area contributed by atoms with Gasteiger partial charge in [-0.05, 0) is 46.3 Å². The van der Waals surface area contributed by atoms with Gasteiger partial charge in [0.05, 0.1) is 22.4 Å². The second-order valence-corrected chi connectivity index (χ2v) is 10.1. The molecular formula is C34H22BrN3. The zero-order chi connectivity index (χ0) is 25.5. The van der Waals surface area contributed by atoms with Gasteiger partial charge < -0.3 is 4.57 Å². The van der Waals surface area contributed by atoms with Crippen LogP contribution in [0.25, 0.3) is 61.4 Å². The molecule has 38 heavy (non-hydrogen) atoms. The molecule has 5 aromatic carbocycles. The number of halogens is 1. The Kier molecular flexibility index (Phi) is 5.60. The van der Waals surface area contributed by atoms with Gasteiger partial charge in [0, 0.05) is 37.6 Å². The third-order valence-corrected chi connectivity index (χ3v) is 7.51. The van der Waals surface area contributed by atoms with Crippen LogP contribution in [-0.4, -0.2) is 14.5 Å². The molecule has 0 saturated heterocycles. The van der Waals surface area contributed by atoms with Crippen molar-refractivity contribution in [3.05, 3.63) is 138 Å². The smallest absolute Gasteiger partial charge is 0.160 e. The highest BCUT2D eigenvalue weighted by Crippen LogP contribution is 2.37. The van der Waals surface area contributed by atoms with Gasteiger partial charge in [-0.15, -0.1) is 0 Å². The lowest BCUT2D eigenvalue weighted by Gasteiger charge is -2.12. The fraction of sp³-hybridized carbons (Fsp3) is 0. The second-order valence-electron chi connectivity index (χ2n) is 9.23. The Morgan fingerprint density at radius 1 is 0.500 bits per heavy atom. The van der Waals surface area contributed by atoms with Crippen LogP contribution in [0.15, 0.2) is 138 Å². The third kappa shape index (κ3) is 3.90. The number of rotatable bonds is 4. The van der Waals surface area contributed by atoms with Gasteiger partial charge in [0.2, 0.25) is 0 Å². The van der Waals surface area contributed by atoms with E-state index in [4.69, 9.17) is 9.97 Å². The maximum atomic E-state index is 5.03.